The zero-order valence-corrected chi connectivity index (χ0v) is 7.60. The molecular weight excluding hydrogens is 166 g/mol. The summed E-state index contributed by atoms with van der Waals surface area (Å²) in [6.45, 7) is 1.05. The first-order chi connectivity index (χ1) is 6.25. The Morgan fingerprint density at radius 2 is 2.15 bits per heavy atom. The maximum Gasteiger partial charge on any atom is 0.253 e. The lowest BCUT2D eigenvalue weighted by molar-refractivity contribution is 0.0799. The van der Waals surface area contributed by atoms with Gasteiger partial charge in [0.15, 0.2) is 0 Å². The van der Waals surface area contributed by atoms with Crippen molar-refractivity contribution < 1.29 is 4.79 Å². The lowest BCUT2D eigenvalue weighted by atomic mass is 10.2. The SMILES string of the molecule is CN(CCN)C(=O)c1ccncc1. The lowest BCUT2D eigenvalue weighted by Crippen LogP contribution is -2.31. The Kier molecular flexibility index (Phi) is 3.40. The molecule has 4 heteroatoms. The molecule has 0 saturated heterocycles. The molecule has 4 nitrogen and oxygen atoms in total. The van der Waals surface area contributed by atoms with E-state index in [4.69, 9.17) is 5.73 Å². The first-order valence-electron chi connectivity index (χ1n) is 4.11. The van der Waals surface area contributed by atoms with Gasteiger partial charge in [-0.2, -0.15) is 0 Å². The van der Waals surface area contributed by atoms with E-state index in [0.29, 0.717) is 18.7 Å². The number of carbonyl (C=O) groups is 1. The molecular formula is C9H13N3O. The summed E-state index contributed by atoms with van der Waals surface area (Å²) >= 11 is 0. The van der Waals surface area contributed by atoms with Crippen LogP contribution in [0.1, 0.15) is 10.4 Å². The second kappa shape index (κ2) is 4.57. The average Bonchev–Trinajstić information content (AvgIpc) is 2.18. The van der Waals surface area contributed by atoms with Crippen molar-refractivity contribution in [3.63, 3.8) is 0 Å². The lowest BCUT2D eigenvalue weighted by Gasteiger charge is -2.15. The zero-order valence-electron chi connectivity index (χ0n) is 7.60. The number of nitrogens with zero attached hydrogens (tertiary/aromatic N) is 2. The van der Waals surface area contributed by atoms with E-state index >= 15 is 0 Å². The number of likely N-dealkylation sites (N-methyl/N-ethyl adjacent to an activating group) is 1. The average molecular weight is 179 g/mol. The van der Waals surface area contributed by atoms with E-state index in [0.717, 1.165) is 0 Å². The Morgan fingerprint density at radius 1 is 1.54 bits per heavy atom. The molecule has 70 valence electrons. The number of pyridine rings is 1. The van der Waals surface area contributed by atoms with Gasteiger partial charge in [0.2, 0.25) is 0 Å². The number of hydrogen-bond acceptors (Lipinski definition) is 3. The molecule has 0 aliphatic carbocycles. The van der Waals surface area contributed by atoms with Crippen LogP contribution >= 0.6 is 0 Å². The molecule has 1 aromatic heterocycles. The quantitative estimate of drug-likeness (QED) is 0.716. The summed E-state index contributed by atoms with van der Waals surface area (Å²) in [4.78, 5) is 17.0. The highest BCUT2D eigenvalue weighted by Crippen LogP contribution is 2.00. The molecule has 0 unspecified atom stereocenters. The van der Waals surface area contributed by atoms with Crippen LogP contribution in [-0.4, -0.2) is 35.9 Å². The first kappa shape index (κ1) is 9.67. The van der Waals surface area contributed by atoms with E-state index in [1.165, 1.54) is 0 Å². The highest BCUT2D eigenvalue weighted by Gasteiger charge is 2.09. The summed E-state index contributed by atoms with van der Waals surface area (Å²) in [5.74, 6) is -0.0205. The van der Waals surface area contributed by atoms with Gasteiger partial charge in [0.25, 0.3) is 5.91 Å². The molecule has 1 rings (SSSR count). The fourth-order valence-corrected chi connectivity index (χ4v) is 1.01. The summed E-state index contributed by atoms with van der Waals surface area (Å²) < 4.78 is 0. The predicted molar refractivity (Wildman–Crippen MR) is 50.3 cm³/mol. The summed E-state index contributed by atoms with van der Waals surface area (Å²) in [7, 11) is 1.73. The Hall–Kier alpha value is -1.42. The van der Waals surface area contributed by atoms with E-state index in [1.807, 2.05) is 0 Å². The fraction of sp³-hybridized carbons (Fsp3) is 0.333. The van der Waals surface area contributed by atoms with Crippen LogP contribution in [-0.2, 0) is 0 Å². The standard InChI is InChI=1S/C9H13N3O/c1-12(7-4-10)9(13)8-2-5-11-6-3-8/h2-3,5-6H,4,7,10H2,1H3. The van der Waals surface area contributed by atoms with Crippen LogP contribution in [0, 0.1) is 0 Å². The highest BCUT2D eigenvalue weighted by molar-refractivity contribution is 5.93. The second-order valence-electron chi connectivity index (χ2n) is 2.75. The minimum absolute atomic E-state index is 0.0205. The van der Waals surface area contributed by atoms with Crippen LogP contribution in [0.2, 0.25) is 0 Å². The van der Waals surface area contributed by atoms with E-state index in [1.54, 1.807) is 36.5 Å². The Bertz CT molecular complexity index is 273. The van der Waals surface area contributed by atoms with Gasteiger partial charge in [0.05, 0.1) is 0 Å². The van der Waals surface area contributed by atoms with Gasteiger partial charge in [-0.05, 0) is 12.1 Å². The Labute approximate surface area is 77.4 Å². The summed E-state index contributed by atoms with van der Waals surface area (Å²) in [5.41, 5.74) is 5.98. The summed E-state index contributed by atoms with van der Waals surface area (Å²) in [6, 6.07) is 3.38. The van der Waals surface area contributed by atoms with Gasteiger partial charge in [-0.3, -0.25) is 9.78 Å². The van der Waals surface area contributed by atoms with Gasteiger partial charge in [-0.25, -0.2) is 0 Å². The van der Waals surface area contributed by atoms with Crippen LogP contribution in [0.3, 0.4) is 0 Å². The summed E-state index contributed by atoms with van der Waals surface area (Å²) in [6.07, 6.45) is 3.20. The number of nitrogens with two attached hydrogens (primary N) is 1. The molecule has 0 aliphatic heterocycles. The van der Waals surface area contributed by atoms with Crippen molar-refractivity contribution in [3.8, 4) is 0 Å². The van der Waals surface area contributed by atoms with Gasteiger partial charge < -0.3 is 10.6 Å². The van der Waals surface area contributed by atoms with Crippen molar-refractivity contribution in [1.82, 2.24) is 9.88 Å². The van der Waals surface area contributed by atoms with Gasteiger partial charge in [0, 0.05) is 38.1 Å². The predicted octanol–water partition coefficient (Wildman–Crippen LogP) is 0.112. The molecule has 0 saturated carbocycles. The van der Waals surface area contributed by atoms with Crippen LogP contribution < -0.4 is 5.73 Å². The number of hydrogen-bond donors (Lipinski definition) is 1. The van der Waals surface area contributed by atoms with Gasteiger partial charge in [-0.15, -0.1) is 0 Å². The van der Waals surface area contributed by atoms with Crippen molar-refractivity contribution in [2.45, 2.75) is 0 Å². The number of rotatable bonds is 3. The van der Waals surface area contributed by atoms with E-state index < -0.39 is 0 Å². The van der Waals surface area contributed by atoms with Crippen LogP contribution in [0.25, 0.3) is 0 Å². The molecule has 0 aromatic carbocycles. The zero-order chi connectivity index (χ0) is 9.68. The molecule has 0 bridgehead atoms. The molecule has 13 heavy (non-hydrogen) atoms. The minimum atomic E-state index is -0.0205. The smallest absolute Gasteiger partial charge is 0.253 e. The molecule has 1 heterocycles. The third-order valence-electron chi connectivity index (χ3n) is 1.74. The maximum atomic E-state index is 11.6. The minimum Gasteiger partial charge on any atom is -0.340 e. The van der Waals surface area contributed by atoms with Crippen molar-refractivity contribution in [1.29, 1.82) is 0 Å². The van der Waals surface area contributed by atoms with Gasteiger partial charge >= 0.3 is 0 Å². The van der Waals surface area contributed by atoms with Crippen molar-refractivity contribution >= 4 is 5.91 Å². The number of carbonyl (C=O) groups excluding carboxylic acids is 1. The molecule has 0 atom stereocenters. The molecule has 1 aromatic rings. The Balaban J connectivity index is 2.68. The third-order valence-corrected chi connectivity index (χ3v) is 1.74. The Morgan fingerprint density at radius 3 is 2.69 bits per heavy atom. The molecule has 1 amide bonds. The fourth-order valence-electron chi connectivity index (χ4n) is 1.01. The van der Waals surface area contributed by atoms with E-state index in [2.05, 4.69) is 4.98 Å². The summed E-state index contributed by atoms with van der Waals surface area (Å²) in [5, 5.41) is 0. The molecule has 0 spiro atoms. The number of amides is 1. The molecule has 2 N–H and O–H groups in total. The van der Waals surface area contributed by atoms with Crippen molar-refractivity contribution in [3.05, 3.63) is 30.1 Å². The van der Waals surface area contributed by atoms with E-state index in [-0.39, 0.29) is 5.91 Å². The largest absolute Gasteiger partial charge is 0.340 e. The van der Waals surface area contributed by atoms with Crippen LogP contribution in [0.5, 0.6) is 0 Å². The molecule has 0 radical (unpaired) electrons. The highest BCUT2D eigenvalue weighted by atomic mass is 16.2. The molecule has 0 fully saturated rings. The second-order valence-corrected chi connectivity index (χ2v) is 2.75. The van der Waals surface area contributed by atoms with Crippen molar-refractivity contribution in [2.75, 3.05) is 20.1 Å². The third kappa shape index (κ3) is 2.52. The molecule has 0 aliphatic rings. The first-order valence-corrected chi connectivity index (χ1v) is 4.11. The van der Waals surface area contributed by atoms with Crippen molar-refractivity contribution in [2.24, 2.45) is 5.73 Å². The normalized spacial score (nSPS) is 9.69. The maximum absolute atomic E-state index is 11.6. The van der Waals surface area contributed by atoms with E-state index in [9.17, 15) is 4.79 Å². The van der Waals surface area contributed by atoms with Crippen LogP contribution in [0.4, 0.5) is 0 Å². The van der Waals surface area contributed by atoms with Gasteiger partial charge in [-0.1, -0.05) is 0 Å². The topological polar surface area (TPSA) is 59.2 Å². The monoisotopic (exact) mass is 179 g/mol. The van der Waals surface area contributed by atoms with Gasteiger partial charge in [0.1, 0.15) is 0 Å². The van der Waals surface area contributed by atoms with Crippen LogP contribution in [0.15, 0.2) is 24.5 Å². The number of aromatic nitrogens is 1.